The molecule has 0 radical (unpaired) electrons. The first-order valence-electron chi connectivity index (χ1n) is 5.76. The first kappa shape index (κ1) is 15.0. The van der Waals surface area contributed by atoms with Gasteiger partial charge in [0.15, 0.2) is 0 Å². The van der Waals surface area contributed by atoms with Crippen molar-refractivity contribution in [2.45, 2.75) is 46.1 Å². The van der Waals surface area contributed by atoms with Crippen LogP contribution in [0.2, 0.25) is 0 Å². The quantitative estimate of drug-likeness (QED) is 0.653. The van der Waals surface area contributed by atoms with E-state index in [-0.39, 0.29) is 0 Å². The van der Waals surface area contributed by atoms with Crippen LogP contribution in [-0.4, -0.2) is 23.2 Å². The Morgan fingerprint density at radius 2 is 1.75 bits per heavy atom. The van der Waals surface area contributed by atoms with Crippen LogP contribution in [0.15, 0.2) is 0 Å². The zero-order valence-electron chi connectivity index (χ0n) is 10.7. The summed E-state index contributed by atoms with van der Waals surface area (Å²) in [6.45, 7) is 8.39. The average molecular weight is 225 g/mol. The van der Waals surface area contributed by atoms with Crippen LogP contribution in [0, 0.1) is 24.2 Å². The Labute approximate surface area is 98.6 Å². The van der Waals surface area contributed by atoms with Gasteiger partial charge in [-0.3, -0.25) is 10.1 Å². The lowest BCUT2D eigenvalue weighted by Gasteiger charge is -2.33. The van der Waals surface area contributed by atoms with Gasteiger partial charge in [-0.1, -0.05) is 33.6 Å². The van der Waals surface area contributed by atoms with Crippen LogP contribution < -0.4 is 5.32 Å². The molecule has 0 heterocycles. The van der Waals surface area contributed by atoms with Crippen molar-refractivity contribution in [1.82, 2.24) is 5.32 Å². The van der Waals surface area contributed by atoms with Gasteiger partial charge in [-0.15, -0.1) is 6.42 Å². The molecule has 3 heteroatoms. The lowest BCUT2D eigenvalue weighted by atomic mass is 9.82. The van der Waals surface area contributed by atoms with Gasteiger partial charge >= 0.3 is 5.97 Å². The van der Waals surface area contributed by atoms with Gasteiger partial charge in [0.05, 0.1) is 6.54 Å². The Morgan fingerprint density at radius 1 is 1.31 bits per heavy atom. The van der Waals surface area contributed by atoms with Gasteiger partial charge in [0.2, 0.25) is 0 Å². The minimum Gasteiger partial charge on any atom is -0.480 e. The second kappa shape index (κ2) is 6.55. The molecule has 0 spiro atoms. The van der Waals surface area contributed by atoms with E-state index >= 15 is 0 Å². The van der Waals surface area contributed by atoms with Crippen molar-refractivity contribution < 1.29 is 9.90 Å². The summed E-state index contributed by atoms with van der Waals surface area (Å²) in [6.07, 6.45) is 6.39. The number of terminal acetylenes is 1. The van der Waals surface area contributed by atoms with E-state index in [9.17, 15) is 9.90 Å². The minimum absolute atomic E-state index is 0.297. The zero-order valence-corrected chi connectivity index (χ0v) is 10.7. The van der Waals surface area contributed by atoms with Crippen molar-refractivity contribution >= 4 is 5.97 Å². The minimum atomic E-state index is -0.880. The van der Waals surface area contributed by atoms with Gasteiger partial charge in [0.1, 0.15) is 5.54 Å². The summed E-state index contributed by atoms with van der Waals surface area (Å²) in [6, 6.07) is 0. The molecule has 0 atom stereocenters. The van der Waals surface area contributed by atoms with E-state index < -0.39 is 11.5 Å². The Balaban J connectivity index is 4.89. The lowest BCUT2D eigenvalue weighted by molar-refractivity contribution is -0.146. The summed E-state index contributed by atoms with van der Waals surface area (Å²) >= 11 is 0. The number of hydrogen-bond donors (Lipinski definition) is 2. The summed E-state index contributed by atoms with van der Waals surface area (Å²) in [5.74, 6) is 2.29. The molecular weight excluding hydrogens is 202 g/mol. The Bertz CT molecular complexity index is 254. The highest BCUT2D eigenvalue weighted by atomic mass is 16.4. The number of carboxylic acid groups (broad SMARTS) is 1. The van der Waals surface area contributed by atoms with Crippen LogP contribution >= 0.6 is 0 Å². The maximum Gasteiger partial charge on any atom is 0.323 e. The highest BCUT2D eigenvalue weighted by Crippen LogP contribution is 2.25. The number of carbonyl (C=O) groups is 1. The molecule has 0 saturated carbocycles. The van der Waals surface area contributed by atoms with Gasteiger partial charge in [0, 0.05) is 0 Å². The van der Waals surface area contributed by atoms with Gasteiger partial charge in [0.25, 0.3) is 0 Å². The van der Waals surface area contributed by atoms with Gasteiger partial charge in [-0.2, -0.15) is 0 Å². The summed E-state index contributed by atoms with van der Waals surface area (Å²) in [5, 5.41) is 12.4. The number of carboxylic acids is 1. The van der Waals surface area contributed by atoms with Crippen molar-refractivity contribution in [2.75, 3.05) is 6.54 Å². The fraction of sp³-hybridized carbons (Fsp3) is 0.769. The molecule has 0 aliphatic carbocycles. The maximum absolute atomic E-state index is 11.5. The number of hydrogen-bond acceptors (Lipinski definition) is 2. The largest absolute Gasteiger partial charge is 0.480 e. The third kappa shape index (κ3) is 4.67. The second-order valence-corrected chi connectivity index (χ2v) is 5.14. The molecule has 0 rings (SSSR count). The predicted molar refractivity (Wildman–Crippen MR) is 66.1 cm³/mol. The van der Waals surface area contributed by atoms with Crippen molar-refractivity contribution in [1.29, 1.82) is 0 Å². The molecule has 0 aromatic heterocycles. The summed E-state index contributed by atoms with van der Waals surface area (Å²) < 4.78 is 0. The maximum atomic E-state index is 11.5. The summed E-state index contributed by atoms with van der Waals surface area (Å²) in [7, 11) is 0. The molecular formula is C13H23NO2. The SMILES string of the molecule is C#CCNC(CC(C)C)(CC(C)C)C(=O)O. The standard InChI is InChI=1S/C13H23NO2/c1-6-7-14-13(12(15)16,8-10(2)3)9-11(4)5/h1,10-11,14H,7-9H2,2-5H3,(H,15,16). The van der Waals surface area contributed by atoms with Crippen LogP contribution in [-0.2, 0) is 4.79 Å². The Hall–Kier alpha value is -1.01. The number of nitrogens with one attached hydrogen (secondary N) is 1. The first-order valence-corrected chi connectivity index (χ1v) is 5.76. The molecule has 92 valence electrons. The third-order valence-electron chi connectivity index (χ3n) is 2.45. The van der Waals surface area contributed by atoms with E-state index in [1.165, 1.54) is 0 Å². The van der Waals surface area contributed by atoms with Gasteiger partial charge in [-0.05, 0) is 24.7 Å². The van der Waals surface area contributed by atoms with Crippen LogP contribution in [0.4, 0.5) is 0 Å². The van der Waals surface area contributed by atoms with E-state index in [0.29, 0.717) is 31.2 Å². The van der Waals surface area contributed by atoms with Crippen LogP contribution in [0.5, 0.6) is 0 Å². The van der Waals surface area contributed by atoms with E-state index in [1.807, 2.05) is 27.7 Å². The Morgan fingerprint density at radius 3 is 2.00 bits per heavy atom. The van der Waals surface area contributed by atoms with E-state index in [1.54, 1.807) is 0 Å². The Kier molecular flexibility index (Phi) is 6.13. The summed E-state index contributed by atoms with van der Waals surface area (Å²) in [5.41, 5.74) is -0.880. The molecule has 0 aromatic rings. The van der Waals surface area contributed by atoms with Crippen molar-refractivity contribution in [2.24, 2.45) is 11.8 Å². The highest BCUT2D eigenvalue weighted by molar-refractivity contribution is 5.78. The molecule has 0 fully saturated rings. The number of rotatable bonds is 7. The van der Waals surface area contributed by atoms with E-state index in [2.05, 4.69) is 11.2 Å². The molecule has 16 heavy (non-hydrogen) atoms. The monoisotopic (exact) mass is 225 g/mol. The molecule has 0 aliphatic heterocycles. The first-order chi connectivity index (χ1) is 7.34. The van der Waals surface area contributed by atoms with Crippen LogP contribution in [0.1, 0.15) is 40.5 Å². The second-order valence-electron chi connectivity index (χ2n) is 5.14. The molecule has 2 N–H and O–H groups in total. The molecule has 0 aromatic carbocycles. The van der Waals surface area contributed by atoms with E-state index in [0.717, 1.165) is 0 Å². The molecule has 0 aliphatic rings. The summed E-state index contributed by atoms with van der Waals surface area (Å²) in [4.78, 5) is 11.5. The van der Waals surface area contributed by atoms with Crippen molar-refractivity contribution in [3.8, 4) is 12.3 Å². The molecule has 0 saturated heterocycles. The molecule has 3 nitrogen and oxygen atoms in total. The average Bonchev–Trinajstić information content (AvgIpc) is 2.11. The molecule has 0 unspecified atom stereocenters. The predicted octanol–water partition coefficient (Wildman–Crippen LogP) is 2.12. The topological polar surface area (TPSA) is 49.3 Å². The molecule has 0 bridgehead atoms. The third-order valence-corrected chi connectivity index (χ3v) is 2.45. The highest BCUT2D eigenvalue weighted by Gasteiger charge is 2.38. The molecule has 0 amide bonds. The van der Waals surface area contributed by atoms with E-state index in [4.69, 9.17) is 6.42 Å². The van der Waals surface area contributed by atoms with Crippen LogP contribution in [0.3, 0.4) is 0 Å². The van der Waals surface area contributed by atoms with Crippen LogP contribution in [0.25, 0.3) is 0 Å². The number of aliphatic carboxylic acids is 1. The smallest absolute Gasteiger partial charge is 0.323 e. The van der Waals surface area contributed by atoms with Gasteiger partial charge < -0.3 is 5.11 Å². The normalized spacial score (nSPS) is 11.8. The fourth-order valence-electron chi connectivity index (χ4n) is 2.09. The van der Waals surface area contributed by atoms with Gasteiger partial charge in [-0.25, -0.2) is 0 Å². The lowest BCUT2D eigenvalue weighted by Crippen LogP contribution is -2.54. The van der Waals surface area contributed by atoms with Crippen molar-refractivity contribution in [3.05, 3.63) is 0 Å². The zero-order chi connectivity index (χ0) is 12.8. The fourth-order valence-corrected chi connectivity index (χ4v) is 2.09. The van der Waals surface area contributed by atoms with Crippen molar-refractivity contribution in [3.63, 3.8) is 0 Å².